The van der Waals surface area contributed by atoms with Gasteiger partial charge in [-0.2, -0.15) is 0 Å². The van der Waals surface area contributed by atoms with Crippen molar-refractivity contribution in [1.29, 1.82) is 0 Å². The molecule has 1 saturated heterocycles. The number of halogens is 1. The van der Waals surface area contributed by atoms with E-state index in [-0.39, 0.29) is 0 Å². The van der Waals surface area contributed by atoms with Gasteiger partial charge in [-0.15, -0.1) is 0 Å². The zero-order valence-electron chi connectivity index (χ0n) is 14.7. The molecule has 0 radical (unpaired) electrons. The Morgan fingerprint density at radius 1 is 1.17 bits per heavy atom. The summed E-state index contributed by atoms with van der Waals surface area (Å²) in [6.07, 6.45) is 11.2. The van der Waals surface area contributed by atoms with E-state index >= 15 is 0 Å². The van der Waals surface area contributed by atoms with Gasteiger partial charge in [-0.25, -0.2) is 0 Å². The topological polar surface area (TPSA) is 24.8 Å². The van der Waals surface area contributed by atoms with Crippen molar-refractivity contribution in [2.45, 2.75) is 68.2 Å². The van der Waals surface area contributed by atoms with E-state index in [9.17, 15) is 4.79 Å². The van der Waals surface area contributed by atoms with Gasteiger partial charge in [0.1, 0.15) is 0 Å². The zero-order chi connectivity index (χ0) is 16.2. The molecule has 4 heteroatoms. The lowest BCUT2D eigenvalue weighted by molar-refractivity contribution is -0.885. The van der Waals surface area contributed by atoms with Crippen LogP contribution in [-0.4, -0.2) is 48.4 Å². The lowest BCUT2D eigenvalue weighted by Crippen LogP contribution is -3.10. The summed E-state index contributed by atoms with van der Waals surface area (Å²) in [6.45, 7) is 2.42. The molecule has 5 fully saturated rings. The van der Waals surface area contributed by atoms with Crippen LogP contribution in [0.3, 0.4) is 0 Å². The molecule has 23 heavy (non-hydrogen) atoms. The number of carbonyl (C=O) groups is 1. The SMILES string of the molecule is CN(C(=O)CC12C[C@H]3C[C@@H](CC(Br)(C3)C1)C2)C1CC[NH+](C)CC1. The molecular weight excluding hydrogens is 352 g/mol. The third-order valence-corrected chi connectivity index (χ3v) is 8.31. The Morgan fingerprint density at radius 2 is 1.78 bits per heavy atom. The number of rotatable bonds is 3. The first-order valence-electron chi connectivity index (χ1n) is 9.62. The van der Waals surface area contributed by atoms with Gasteiger partial charge in [0.15, 0.2) is 0 Å². The molecule has 1 aliphatic heterocycles. The van der Waals surface area contributed by atoms with E-state index < -0.39 is 0 Å². The van der Waals surface area contributed by atoms with Crippen LogP contribution in [0.4, 0.5) is 0 Å². The molecular formula is C19H32BrN2O+. The molecule has 4 bridgehead atoms. The normalized spacial score (nSPS) is 48.5. The number of hydrogen-bond acceptors (Lipinski definition) is 1. The second kappa shape index (κ2) is 5.72. The summed E-state index contributed by atoms with van der Waals surface area (Å²) < 4.78 is 0.368. The minimum Gasteiger partial charge on any atom is -0.342 e. The predicted molar refractivity (Wildman–Crippen MR) is 95.8 cm³/mol. The number of nitrogens with one attached hydrogen (secondary N) is 1. The quantitative estimate of drug-likeness (QED) is 0.742. The van der Waals surface area contributed by atoms with Crippen LogP contribution in [-0.2, 0) is 4.79 Å². The first kappa shape index (κ1) is 16.4. The van der Waals surface area contributed by atoms with E-state index in [1.807, 2.05) is 0 Å². The van der Waals surface area contributed by atoms with Gasteiger partial charge in [-0.1, -0.05) is 15.9 Å². The molecule has 4 saturated carbocycles. The third-order valence-electron chi connectivity index (χ3n) is 7.39. The summed E-state index contributed by atoms with van der Waals surface area (Å²) in [5, 5.41) is 0. The molecule has 3 nitrogen and oxygen atoms in total. The maximum absolute atomic E-state index is 13.0. The van der Waals surface area contributed by atoms with E-state index in [4.69, 9.17) is 0 Å². The van der Waals surface area contributed by atoms with Crippen LogP contribution < -0.4 is 4.90 Å². The predicted octanol–water partition coefficient (Wildman–Crippen LogP) is 2.25. The first-order valence-corrected chi connectivity index (χ1v) is 10.4. The highest BCUT2D eigenvalue weighted by Gasteiger charge is 2.57. The van der Waals surface area contributed by atoms with Gasteiger partial charge in [0, 0.05) is 36.7 Å². The highest BCUT2D eigenvalue weighted by atomic mass is 79.9. The summed E-state index contributed by atoms with van der Waals surface area (Å²) in [7, 11) is 4.33. The van der Waals surface area contributed by atoms with Gasteiger partial charge in [0.25, 0.3) is 0 Å². The molecule has 0 spiro atoms. The second-order valence-corrected chi connectivity index (χ2v) is 11.2. The number of likely N-dealkylation sites (tertiary alicyclic amines) is 1. The molecule has 1 heterocycles. The monoisotopic (exact) mass is 383 g/mol. The van der Waals surface area contributed by atoms with E-state index in [2.05, 4.69) is 34.9 Å². The van der Waals surface area contributed by atoms with Crippen molar-refractivity contribution in [1.82, 2.24) is 4.90 Å². The lowest BCUT2D eigenvalue weighted by atomic mass is 9.48. The molecule has 2 atom stereocenters. The van der Waals surface area contributed by atoms with Gasteiger partial charge in [-0.05, 0) is 55.8 Å². The van der Waals surface area contributed by atoms with Crippen LogP contribution in [0.1, 0.15) is 57.8 Å². The number of carbonyl (C=O) groups excluding carboxylic acids is 1. The third kappa shape index (κ3) is 3.10. The number of piperidine rings is 1. The fourth-order valence-electron chi connectivity index (χ4n) is 6.67. The van der Waals surface area contributed by atoms with Gasteiger partial charge in [0.2, 0.25) is 5.91 Å². The van der Waals surface area contributed by atoms with Crippen molar-refractivity contribution in [3.05, 3.63) is 0 Å². The lowest BCUT2D eigenvalue weighted by Gasteiger charge is -2.60. The van der Waals surface area contributed by atoms with Gasteiger partial charge in [0.05, 0.1) is 20.1 Å². The molecule has 130 valence electrons. The van der Waals surface area contributed by atoms with Crippen LogP contribution in [0.2, 0.25) is 0 Å². The van der Waals surface area contributed by atoms with Crippen LogP contribution in [0, 0.1) is 17.3 Å². The zero-order valence-corrected chi connectivity index (χ0v) is 16.3. The fourth-order valence-corrected chi connectivity index (χ4v) is 8.18. The first-order chi connectivity index (χ1) is 10.9. The maximum atomic E-state index is 13.0. The van der Waals surface area contributed by atoms with E-state index in [0.717, 1.165) is 18.3 Å². The maximum Gasteiger partial charge on any atom is 0.223 e. The smallest absolute Gasteiger partial charge is 0.223 e. The average molecular weight is 384 g/mol. The van der Waals surface area contributed by atoms with Gasteiger partial charge < -0.3 is 9.80 Å². The molecule has 0 aromatic rings. The van der Waals surface area contributed by atoms with Crippen LogP contribution in [0.5, 0.6) is 0 Å². The number of nitrogens with zero attached hydrogens (tertiary/aromatic N) is 1. The summed E-state index contributed by atoms with van der Waals surface area (Å²) in [4.78, 5) is 16.7. The average Bonchev–Trinajstić information content (AvgIpc) is 2.44. The minimum absolute atomic E-state index is 0.315. The van der Waals surface area contributed by atoms with Crippen molar-refractivity contribution in [2.24, 2.45) is 17.3 Å². The number of amides is 1. The van der Waals surface area contributed by atoms with E-state index in [0.29, 0.717) is 21.7 Å². The number of alkyl halides is 1. The van der Waals surface area contributed by atoms with Gasteiger partial charge in [-0.3, -0.25) is 4.79 Å². The summed E-state index contributed by atoms with van der Waals surface area (Å²) in [6, 6.07) is 0.484. The summed E-state index contributed by atoms with van der Waals surface area (Å²) in [5.74, 6) is 2.17. The second-order valence-electron chi connectivity index (χ2n) is 9.48. The molecule has 1 amide bonds. The number of hydrogen-bond donors (Lipinski definition) is 1. The largest absolute Gasteiger partial charge is 0.342 e. The minimum atomic E-state index is 0.315. The fraction of sp³-hybridized carbons (Fsp3) is 0.947. The van der Waals surface area contributed by atoms with Crippen LogP contribution in [0.15, 0.2) is 0 Å². The van der Waals surface area contributed by atoms with Crippen molar-refractivity contribution in [3.63, 3.8) is 0 Å². The molecule has 0 aromatic heterocycles. The molecule has 0 unspecified atom stereocenters. The molecule has 5 rings (SSSR count). The standard InChI is InChI=1S/C19H31BrN2O/c1-21-5-3-16(4-6-21)22(2)17(23)12-18-8-14-7-15(9-18)11-19(20,10-14)13-18/h14-16H,3-13H2,1-2H3/p+1/t14-,15-,18?,19?/m1/s1. The Labute approximate surface area is 149 Å². The van der Waals surface area contributed by atoms with E-state index in [1.165, 1.54) is 64.5 Å². The Bertz CT molecular complexity index is 472. The molecule has 1 N–H and O–H groups in total. The highest BCUT2D eigenvalue weighted by Crippen LogP contribution is 2.65. The summed E-state index contributed by atoms with van der Waals surface area (Å²) >= 11 is 4.08. The summed E-state index contributed by atoms with van der Waals surface area (Å²) in [5.41, 5.74) is 0.315. The Hall–Kier alpha value is -0.0900. The van der Waals surface area contributed by atoms with Crippen molar-refractivity contribution in [2.75, 3.05) is 27.2 Å². The van der Waals surface area contributed by atoms with Crippen LogP contribution in [0.25, 0.3) is 0 Å². The highest BCUT2D eigenvalue weighted by molar-refractivity contribution is 9.10. The Kier molecular flexibility index (Phi) is 4.08. The number of quaternary nitrogens is 1. The molecule has 5 aliphatic rings. The Morgan fingerprint density at radius 3 is 2.35 bits per heavy atom. The molecule has 0 aromatic carbocycles. The van der Waals surface area contributed by atoms with Gasteiger partial charge >= 0.3 is 0 Å². The van der Waals surface area contributed by atoms with E-state index in [1.54, 1.807) is 4.90 Å². The van der Waals surface area contributed by atoms with Crippen molar-refractivity contribution >= 4 is 21.8 Å². The Balaban J connectivity index is 1.42. The molecule has 4 aliphatic carbocycles. The van der Waals surface area contributed by atoms with Crippen LogP contribution >= 0.6 is 15.9 Å². The van der Waals surface area contributed by atoms with Crippen molar-refractivity contribution < 1.29 is 9.69 Å². The van der Waals surface area contributed by atoms with Crippen molar-refractivity contribution in [3.8, 4) is 0 Å².